The van der Waals surface area contributed by atoms with E-state index >= 15 is 0 Å². The summed E-state index contributed by atoms with van der Waals surface area (Å²) in [5, 5.41) is 30.7. The number of benzene rings is 1. The van der Waals surface area contributed by atoms with Crippen molar-refractivity contribution in [3.63, 3.8) is 0 Å². The molecule has 0 saturated carbocycles. The van der Waals surface area contributed by atoms with Gasteiger partial charge in [-0.15, -0.1) is 0 Å². The lowest BCUT2D eigenvalue weighted by molar-refractivity contribution is -0.153. The zero-order valence-electron chi connectivity index (χ0n) is 15.3. The van der Waals surface area contributed by atoms with Crippen LogP contribution in [0.25, 0.3) is 0 Å². The van der Waals surface area contributed by atoms with Gasteiger partial charge in [-0.25, -0.2) is 0 Å². The van der Waals surface area contributed by atoms with E-state index in [4.69, 9.17) is 0 Å². The van der Waals surface area contributed by atoms with Gasteiger partial charge in [0.15, 0.2) is 0 Å². The summed E-state index contributed by atoms with van der Waals surface area (Å²) in [7, 11) is 0. The van der Waals surface area contributed by atoms with Crippen LogP contribution in [0, 0.1) is 5.92 Å². The number of aliphatic hydroxyl groups is 3. The molecule has 1 aromatic carbocycles. The van der Waals surface area contributed by atoms with Crippen LogP contribution in [0.2, 0.25) is 0 Å². The van der Waals surface area contributed by atoms with Gasteiger partial charge in [-0.2, -0.15) is 0 Å². The van der Waals surface area contributed by atoms with Crippen LogP contribution >= 0.6 is 0 Å². The van der Waals surface area contributed by atoms with Gasteiger partial charge in [-0.05, 0) is 43.8 Å². The van der Waals surface area contributed by atoms with E-state index in [1.54, 1.807) is 4.90 Å². The van der Waals surface area contributed by atoms with Gasteiger partial charge in [0.05, 0.1) is 6.42 Å². The van der Waals surface area contributed by atoms with Gasteiger partial charge in [0.2, 0.25) is 5.91 Å². The molecule has 0 aromatic heterocycles. The number of aliphatic hydroxyl groups excluding tert-OH is 2. The van der Waals surface area contributed by atoms with Crippen molar-refractivity contribution in [3.8, 4) is 0 Å². The number of rotatable bonds is 5. The Hall–Kier alpha value is -1.47. The Morgan fingerprint density at radius 2 is 1.85 bits per heavy atom. The third kappa shape index (κ3) is 4.62. The van der Waals surface area contributed by atoms with Gasteiger partial charge in [0.1, 0.15) is 11.7 Å². The molecule has 0 unspecified atom stereocenters. The van der Waals surface area contributed by atoms with Crippen molar-refractivity contribution in [2.75, 3.05) is 39.3 Å². The predicted octanol–water partition coefficient (Wildman–Crippen LogP) is 0.258. The molecule has 2 aliphatic heterocycles. The molecular formula is C20H30N2O4. The fraction of sp³-hybridized carbons (Fsp3) is 0.650. The summed E-state index contributed by atoms with van der Waals surface area (Å²) in [6, 6.07) is 9.58. The summed E-state index contributed by atoms with van der Waals surface area (Å²) in [5.41, 5.74) is -0.213. The average molecular weight is 362 g/mol. The Bertz CT molecular complexity index is 589. The van der Waals surface area contributed by atoms with Crippen molar-refractivity contribution in [2.24, 2.45) is 5.92 Å². The summed E-state index contributed by atoms with van der Waals surface area (Å²) in [6.07, 6.45) is 1.61. The number of carbonyl (C=O) groups excluding carboxylic acids is 1. The maximum Gasteiger partial charge on any atom is 0.227 e. The third-order valence-electron chi connectivity index (χ3n) is 5.84. The predicted molar refractivity (Wildman–Crippen MR) is 98.5 cm³/mol. The lowest BCUT2D eigenvalue weighted by atomic mass is 9.86. The monoisotopic (exact) mass is 362 g/mol. The molecule has 1 amide bonds. The summed E-state index contributed by atoms with van der Waals surface area (Å²) >= 11 is 0. The van der Waals surface area contributed by atoms with Crippen molar-refractivity contribution < 1.29 is 20.1 Å². The van der Waals surface area contributed by atoms with E-state index in [0.29, 0.717) is 31.8 Å². The van der Waals surface area contributed by atoms with Crippen molar-refractivity contribution in [2.45, 2.75) is 37.4 Å². The molecule has 0 bridgehead atoms. The van der Waals surface area contributed by atoms with E-state index < -0.39 is 11.7 Å². The van der Waals surface area contributed by atoms with Crippen molar-refractivity contribution in [3.05, 3.63) is 35.9 Å². The van der Waals surface area contributed by atoms with Gasteiger partial charge in [-0.1, -0.05) is 30.3 Å². The number of amides is 1. The van der Waals surface area contributed by atoms with E-state index in [1.165, 1.54) is 0 Å². The smallest absolute Gasteiger partial charge is 0.227 e. The number of piperidine rings is 2. The Labute approximate surface area is 155 Å². The topological polar surface area (TPSA) is 84.2 Å². The maximum absolute atomic E-state index is 12.5. The molecule has 6 heteroatoms. The molecule has 0 radical (unpaired) electrons. The molecule has 2 saturated heterocycles. The number of hydrogen-bond acceptors (Lipinski definition) is 5. The van der Waals surface area contributed by atoms with E-state index in [-0.39, 0.29) is 19.1 Å². The maximum atomic E-state index is 12.5. The second-order valence-electron chi connectivity index (χ2n) is 7.77. The SMILES string of the molecule is O=C(Cc1ccccc1)N1CC[C@](O)(CN2CCC(CO)CC2)[C@@H](O)C1. The van der Waals surface area contributed by atoms with E-state index in [0.717, 1.165) is 31.5 Å². The van der Waals surface area contributed by atoms with Crippen LogP contribution < -0.4 is 0 Å². The average Bonchev–Trinajstić information content (AvgIpc) is 2.65. The van der Waals surface area contributed by atoms with Gasteiger partial charge in [0, 0.05) is 26.2 Å². The molecule has 1 aromatic rings. The second kappa shape index (κ2) is 8.48. The summed E-state index contributed by atoms with van der Waals surface area (Å²) in [5.74, 6) is 0.337. The van der Waals surface area contributed by atoms with Crippen LogP contribution in [0.5, 0.6) is 0 Å². The summed E-state index contributed by atoms with van der Waals surface area (Å²) in [6.45, 7) is 2.95. The van der Waals surface area contributed by atoms with Gasteiger partial charge in [0.25, 0.3) is 0 Å². The molecule has 2 aliphatic rings. The quantitative estimate of drug-likeness (QED) is 0.700. The highest BCUT2D eigenvalue weighted by Crippen LogP contribution is 2.27. The minimum Gasteiger partial charge on any atom is -0.396 e. The largest absolute Gasteiger partial charge is 0.396 e. The molecule has 0 spiro atoms. The third-order valence-corrected chi connectivity index (χ3v) is 5.84. The molecule has 3 rings (SSSR count). The van der Waals surface area contributed by atoms with Crippen LogP contribution in [0.1, 0.15) is 24.8 Å². The fourth-order valence-corrected chi connectivity index (χ4v) is 3.97. The number of β-amino-alcohol motifs (C(OH)–C–C–N with tert-alkyl or cyclic N) is 2. The minimum absolute atomic E-state index is 0.0129. The van der Waals surface area contributed by atoms with Crippen molar-refractivity contribution >= 4 is 5.91 Å². The number of carbonyl (C=O) groups is 1. The molecule has 144 valence electrons. The molecule has 0 aliphatic carbocycles. The lowest BCUT2D eigenvalue weighted by Crippen LogP contribution is -2.61. The van der Waals surface area contributed by atoms with Crippen LogP contribution in [0.3, 0.4) is 0 Å². The highest BCUT2D eigenvalue weighted by atomic mass is 16.3. The number of nitrogens with zero attached hydrogens (tertiary/aromatic N) is 2. The zero-order chi connectivity index (χ0) is 18.6. The Morgan fingerprint density at radius 1 is 1.15 bits per heavy atom. The Morgan fingerprint density at radius 3 is 2.46 bits per heavy atom. The molecule has 2 heterocycles. The minimum atomic E-state index is -1.17. The van der Waals surface area contributed by atoms with Gasteiger partial charge >= 0.3 is 0 Å². The normalized spacial score (nSPS) is 28.3. The van der Waals surface area contributed by atoms with E-state index in [2.05, 4.69) is 4.90 Å². The molecule has 3 N–H and O–H groups in total. The second-order valence-corrected chi connectivity index (χ2v) is 7.77. The molecule has 26 heavy (non-hydrogen) atoms. The van der Waals surface area contributed by atoms with Crippen LogP contribution in [-0.2, 0) is 11.2 Å². The summed E-state index contributed by atoms with van der Waals surface area (Å²) in [4.78, 5) is 16.3. The molecular weight excluding hydrogens is 332 g/mol. The van der Waals surface area contributed by atoms with Crippen molar-refractivity contribution in [1.29, 1.82) is 0 Å². The van der Waals surface area contributed by atoms with E-state index in [1.807, 2.05) is 30.3 Å². The first-order chi connectivity index (χ1) is 12.5. The fourth-order valence-electron chi connectivity index (χ4n) is 3.97. The highest BCUT2D eigenvalue weighted by Gasteiger charge is 2.43. The number of likely N-dealkylation sites (tertiary alicyclic amines) is 2. The van der Waals surface area contributed by atoms with Crippen molar-refractivity contribution in [1.82, 2.24) is 9.80 Å². The van der Waals surface area contributed by atoms with Crippen LogP contribution in [-0.4, -0.2) is 82.1 Å². The standard InChI is InChI=1S/C20H30N2O4/c23-14-17-6-9-21(10-7-17)15-20(26)8-11-22(13-18(20)24)19(25)12-16-4-2-1-3-5-16/h1-5,17-18,23-24,26H,6-15H2/t18-,20-/m0/s1. The highest BCUT2D eigenvalue weighted by molar-refractivity contribution is 5.79. The molecule has 6 nitrogen and oxygen atoms in total. The number of hydrogen-bond donors (Lipinski definition) is 3. The first-order valence-corrected chi connectivity index (χ1v) is 9.55. The molecule has 2 fully saturated rings. The van der Waals surface area contributed by atoms with E-state index in [9.17, 15) is 20.1 Å². The van der Waals surface area contributed by atoms with Gasteiger partial charge in [-0.3, -0.25) is 4.79 Å². The first kappa shape index (κ1) is 19.3. The first-order valence-electron chi connectivity index (χ1n) is 9.55. The zero-order valence-corrected chi connectivity index (χ0v) is 15.3. The van der Waals surface area contributed by atoms with Gasteiger partial charge < -0.3 is 25.1 Å². The van der Waals surface area contributed by atoms with Crippen LogP contribution in [0.15, 0.2) is 30.3 Å². The molecule has 2 atom stereocenters. The summed E-state index contributed by atoms with van der Waals surface area (Å²) < 4.78 is 0. The van der Waals surface area contributed by atoms with Crippen LogP contribution in [0.4, 0.5) is 0 Å². The Balaban J connectivity index is 1.51. The Kier molecular flexibility index (Phi) is 6.29. The lowest BCUT2D eigenvalue weighted by Gasteiger charge is -2.45.